The van der Waals surface area contributed by atoms with Gasteiger partial charge in [0.2, 0.25) is 0 Å². The van der Waals surface area contributed by atoms with Crippen LogP contribution in [0.15, 0.2) is 17.4 Å². The van der Waals surface area contributed by atoms with Gasteiger partial charge in [0.05, 0.1) is 18.2 Å². The minimum atomic E-state index is 0. The molecule has 3 atom stereocenters. The lowest BCUT2D eigenvalue weighted by molar-refractivity contribution is 0.0992. The van der Waals surface area contributed by atoms with Gasteiger partial charge in [0.15, 0.2) is 5.96 Å². The molecule has 0 spiro atoms. The molecular formula is C14H24IN5O. The maximum Gasteiger partial charge on any atom is 0.191 e. The summed E-state index contributed by atoms with van der Waals surface area (Å²) in [5.41, 5.74) is 0. The Balaban J connectivity index is 0.00000161. The van der Waals surface area contributed by atoms with Crippen molar-refractivity contribution in [2.24, 2.45) is 4.99 Å². The van der Waals surface area contributed by atoms with Gasteiger partial charge >= 0.3 is 0 Å². The van der Waals surface area contributed by atoms with Gasteiger partial charge in [-0.3, -0.25) is 4.99 Å². The molecule has 3 heterocycles. The molecule has 0 saturated carbocycles. The van der Waals surface area contributed by atoms with E-state index in [1.54, 1.807) is 0 Å². The zero-order valence-corrected chi connectivity index (χ0v) is 14.9. The monoisotopic (exact) mass is 405 g/mol. The highest BCUT2D eigenvalue weighted by atomic mass is 127. The highest BCUT2D eigenvalue weighted by Crippen LogP contribution is 2.34. The van der Waals surface area contributed by atoms with Gasteiger partial charge in [-0.05, 0) is 26.2 Å². The van der Waals surface area contributed by atoms with E-state index in [1.165, 1.54) is 12.8 Å². The van der Waals surface area contributed by atoms with Crippen LogP contribution < -0.4 is 10.6 Å². The second-order valence-electron chi connectivity index (χ2n) is 5.53. The number of nitrogens with one attached hydrogen (secondary N) is 2. The van der Waals surface area contributed by atoms with Gasteiger partial charge in [-0.15, -0.1) is 24.0 Å². The quantitative estimate of drug-likeness (QED) is 0.450. The van der Waals surface area contributed by atoms with Crippen LogP contribution in [0.4, 0.5) is 0 Å². The fourth-order valence-corrected chi connectivity index (χ4v) is 3.09. The van der Waals surface area contributed by atoms with Crippen LogP contribution in [0.2, 0.25) is 0 Å². The summed E-state index contributed by atoms with van der Waals surface area (Å²) in [6, 6.07) is 0.412. The maximum absolute atomic E-state index is 5.85. The summed E-state index contributed by atoms with van der Waals surface area (Å²) in [6.07, 6.45) is 8.15. The van der Waals surface area contributed by atoms with Crippen LogP contribution in [-0.2, 0) is 11.3 Å². The van der Waals surface area contributed by atoms with Crippen molar-refractivity contribution in [3.63, 3.8) is 0 Å². The first-order valence-electron chi connectivity index (χ1n) is 7.36. The molecule has 1 aromatic rings. The lowest BCUT2D eigenvalue weighted by Crippen LogP contribution is -2.48. The predicted molar refractivity (Wildman–Crippen MR) is 93.2 cm³/mol. The third-order valence-corrected chi connectivity index (χ3v) is 4.22. The first-order chi connectivity index (χ1) is 9.76. The molecule has 2 bridgehead atoms. The second kappa shape index (κ2) is 7.44. The molecule has 0 radical (unpaired) electrons. The van der Waals surface area contributed by atoms with Gasteiger partial charge in [-0.1, -0.05) is 0 Å². The number of nitrogens with zero attached hydrogens (tertiary/aromatic N) is 3. The number of hydrogen-bond acceptors (Lipinski definition) is 3. The predicted octanol–water partition coefficient (Wildman–Crippen LogP) is 1.29. The van der Waals surface area contributed by atoms with Crippen molar-refractivity contribution in [1.82, 2.24) is 20.2 Å². The Morgan fingerprint density at radius 1 is 1.52 bits per heavy atom. The van der Waals surface area contributed by atoms with E-state index in [9.17, 15) is 0 Å². The molecule has 7 heteroatoms. The van der Waals surface area contributed by atoms with Crippen LogP contribution in [0, 0.1) is 6.92 Å². The zero-order chi connectivity index (χ0) is 13.9. The Morgan fingerprint density at radius 2 is 2.38 bits per heavy atom. The molecule has 0 aliphatic carbocycles. The van der Waals surface area contributed by atoms with Gasteiger partial charge in [0, 0.05) is 32.5 Å². The minimum Gasteiger partial charge on any atom is -0.373 e. The number of aliphatic imine (C=N–C) groups is 1. The standard InChI is InChI=1S/C14H23N5O.HI/c1-10-16-5-7-19(10)8-6-17-14(15-2)18-12-9-11-3-4-13(12)20-11;/h5,7,11-13H,3-4,6,8-9H2,1-2H3,(H2,15,17,18);1H. The molecular weight excluding hydrogens is 381 g/mol. The Morgan fingerprint density at radius 3 is 2.95 bits per heavy atom. The highest BCUT2D eigenvalue weighted by Gasteiger charge is 2.41. The molecule has 0 aromatic carbocycles. The fraction of sp³-hybridized carbons (Fsp3) is 0.714. The number of imidazole rings is 1. The molecule has 2 saturated heterocycles. The molecule has 118 valence electrons. The molecule has 2 fully saturated rings. The topological polar surface area (TPSA) is 63.5 Å². The molecule has 2 N–H and O–H groups in total. The number of hydrogen-bond donors (Lipinski definition) is 2. The van der Waals surface area contributed by atoms with Crippen LogP contribution >= 0.6 is 24.0 Å². The molecule has 1 aromatic heterocycles. The van der Waals surface area contributed by atoms with Crippen molar-refractivity contribution >= 4 is 29.9 Å². The molecule has 6 nitrogen and oxygen atoms in total. The van der Waals surface area contributed by atoms with Crippen LogP contribution in [0.1, 0.15) is 25.1 Å². The Bertz CT molecular complexity index is 489. The number of aryl methyl sites for hydroxylation is 1. The minimum absolute atomic E-state index is 0. The summed E-state index contributed by atoms with van der Waals surface area (Å²) in [5, 5.41) is 6.84. The Labute approximate surface area is 142 Å². The molecule has 0 amide bonds. The van der Waals surface area contributed by atoms with E-state index >= 15 is 0 Å². The largest absolute Gasteiger partial charge is 0.373 e. The number of aromatic nitrogens is 2. The van der Waals surface area contributed by atoms with Crippen molar-refractivity contribution in [1.29, 1.82) is 0 Å². The second-order valence-corrected chi connectivity index (χ2v) is 5.53. The summed E-state index contributed by atoms with van der Waals surface area (Å²) < 4.78 is 7.98. The van der Waals surface area contributed by atoms with E-state index in [2.05, 4.69) is 25.2 Å². The van der Waals surface area contributed by atoms with Crippen molar-refractivity contribution in [2.75, 3.05) is 13.6 Å². The van der Waals surface area contributed by atoms with Crippen molar-refractivity contribution in [3.8, 4) is 0 Å². The average Bonchev–Trinajstić information content (AvgIpc) is 3.15. The number of guanidine groups is 1. The van der Waals surface area contributed by atoms with Gasteiger partial charge < -0.3 is 19.9 Å². The van der Waals surface area contributed by atoms with E-state index in [0.717, 1.165) is 31.3 Å². The lowest BCUT2D eigenvalue weighted by atomic mass is 9.96. The molecule has 2 aliphatic rings. The van der Waals surface area contributed by atoms with E-state index in [-0.39, 0.29) is 24.0 Å². The summed E-state index contributed by atoms with van der Waals surface area (Å²) in [5.74, 6) is 1.90. The first kappa shape index (κ1) is 16.5. The van der Waals surface area contributed by atoms with Crippen molar-refractivity contribution in [3.05, 3.63) is 18.2 Å². The maximum atomic E-state index is 5.85. The summed E-state index contributed by atoms with van der Waals surface area (Å²) in [6.45, 7) is 3.73. The number of halogens is 1. The Hall–Kier alpha value is -0.830. The third-order valence-electron chi connectivity index (χ3n) is 4.22. The van der Waals surface area contributed by atoms with Gasteiger partial charge in [-0.25, -0.2) is 4.98 Å². The lowest BCUT2D eigenvalue weighted by Gasteiger charge is -2.22. The van der Waals surface area contributed by atoms with Crippen LogP contribution in [0.25, 0.3) is 0 Å². The smallest absolute Gasteiger partial charge is 0.191 e. The number of fused-ring (bicyclic) bond motifs is 2. The van der Waals surface area contributed by atoms with Gasteiger partial charge in [0.25, 0.3) is 0 Å². The summed E-state index contributed by atoms with van der Waals surface area (Å²) >= 11 is 0. The number of rotatable bonds is 4. The summed E-state index contributed by atoms with van der Waals surface area (Å²) in [4.78, 5) is 8.51. The Kier molecular flexibility index (Phi) is 5.86. The van der Waals surface area contributed by atoms with E-state index in [1.807, 2.05) is 26.4 Å². The van der Waals surface area contributed by atoms with Crippen LogP contribution in [-0.4, -0.2) is 47.4 Å². The first-order valence-corrected chi connectivity index (χ1v) is 7.36. The average molecular weight is 405 g/mol. The van der Waals surface area contributed by atoms with Crippen molar-refractivity contribution < 1.29 is 4.74 Å². The van der Waals surface area contributed by atoms with Crippen LogP contribution in [0.5, 0.6) is 0 Å². The fourth-order valence-electron chi connectivity index (χ4n) is 3.09. The van der Waals surface area contributed by atoms with E-state index < -0.39 is 0 Å². The van der Waals surface area contributed by atoms with Gasteiger partial charge in [0.1, 0.15) is 5.82 Å². The molecule has 3 rings (SSSR count). The molecule has 21 heavy (non-hydrogen) atoms. The van der Waals surface area contributed by atoms with E-state index in [0.29, 0.717) is 18.2 Å². The highest BCUT2D eigenvalue weighted by molar-refractivity contribution is 14.0. The molecule has 2 aliphatic heterocycles. The third kappa shape index (κ3) is 3.88. The van der Waals surface area contributed by atoms with Crippen LogP contribution in [0.3, 0.4) is 0 Å². The SMILES string of the molecule is CN=C(NCCn1ccnc1C)NC1CC2CCC1O2.I. The zero-order valence-electron chi connectivity index (χ0n) is 12.6. The molecule has 3 unspecified atom stereocenters. The normalized spacial score (nSPS) is 27.5. The summed E-state index contributed by atoms with van der Waals surface area (Å²) in [7, 11) is 1.81. The van der Waals surface area contributed by atoms with Crippen molar-refractivity contribution in [2.45, 2.75) is 51.0 Å². The van der Waals surface area contributed by atoms with Gasteiger partial charge in [-0.2, -0.15) is 0 Å². The van der Waals surface area contributed by atoms with E-state index in [4.69, 9.17) is 4.74 Å². The number of ether oxygens (including phenoxy) is 1.